The second-order valence-corrected chi connectivity index (χ2v) is 7.90. The monoisotopic (exact) mass is 438 g/mol. The summed E-state index contributed by atoms with van der Waals surface area (Å²) in [6, 6.07) is 9.19. The molecular weight excluding hydrogens is 421 g/mol. The molecule has 5 rings (SSSR count). The molecular formula is C23H17F3N4O2. The van der Waals surface area contributed by atoms with Crippen LogP contribution in [0.15, 0.2) is 40.9 Å². The number of furan rings is 1. The largest absolute Gasteiger partial charge is 0.493 e. The Morgan fingerprint density at radius 3 is 2.78 bits per heavy atom. The number of rotatable bonds is 2. The fourth-order valence-electron chi connectivity index (χ4n) is 4.54. The number of aromatic nitrogens is 2. The molecule has 0 radical (unpaired) electrons. The maximum absolute atomic E-state index is 13.4. The number of alkyl halides is 3. The third kappa shape index (κ3) is 2.94. The highest BCUT2D eigenvalue weighted by Gasteiger charge is 2.40. The Morgan fingerprint density at radius 2 is 2.06 bits per heavy atom. The summed E-state index contributed by atoms with van der Waals surface area (Å²) in [5, 5.41) is 11.0. The minimum Gasteiger partial charge on any atom is -0.493 e. The molecule has 9 heteroatoms. The van der Waals surface area contributed by atoms with E-state index in [9.17, 15) is 18.4 Å². The quantitative estimate of drug-likeness (QED) is 0.476. The van der Waals surface area contributed by atoms with Gasteiger partial charge in [0.05, 0.1) is 24.2 Å². The average Bonchev–Trinajstić information content (AvgIpc) is 3.16. The van der Waals surface area contributed by atoms with Gasteiger partial charge in [-0.15, -0.1) is 0 Å². The van der Waals surface area contributed by atoms with E-state index in [0.717, 1.165) is 23.4 Å². The molecule has 0 aliphatic heterocycles. The molecule has 6 nitrogen and oxygen atoms in total. The van der Waals surface area contributed by atoms with Crippen LogP contribution in [0.25, 0.3) is 21.9 Å². The van der Waals surface area contributed by atoms with Crippen molar-refractivity contribution >= 4 is 27.9 Å². The molecule has 0 saturated heterocycles. The molecule has 2 aromatic carbocycles. The standard InChI is InChI=1S/C23H17F3N4O2/c1-31-18-5-3-15(22(11-27)7-6-16-12(9-22)10-29-21(28)30-16)19-14-8-13(23(24,25)26)2-4-17(14)32-20(18)19/h2-5,8,10H,6-7,9H2,1H3,(H2,28,29,30). The average molecular weight is 438 g/mol. The summed E-state index contributed by atoms with van der Waals surface area (Å²) < 4.78 is 51.6. The van der Waals surface area contributed by atoms with Crippen LogP contribution >= 0.6 is 0 Å². The number of methoxy groups -OCH3 is 1. The topological polar surface area (TPSA) is 98.0 Å². The number of benzene rings is 2. The first kappa shape index (κ1) is 20.1. The summed E-state index contributed by atoms with van der Waals surface area (Å²) in [4.78, 5) is 8.32. The van der Waals surface area contributed by atoms with Crippen molar-refractivity contribution in [1.82, 2.24) is 9.97 Å². The molecule has 1 unspecified atom stereocenters. The van der Waals surface area contributed by atoms with Gasteiger partial charge in [0.25, 0.3) is 0 Å². The van der Waals surface area contributed by atoms with Gasteiger partial charge in [-0.25, -0.2) is 9.97 Å². The Hall–Kier alpha value is -3.80. The molecule has 1 aliphatic rings. The Balaban J connectivity index is 1.80. The van der Waals surface area contributed by atoms with Crippen LogP contribution in [-0.4, -0.2) is 17.1 Å². The molecule has 0 spiro atoms. The van der Waals surface area contributed by atoms with Crippen LogP contribution in [0.2, 0.25) is 0 Å². The van der Waals surface area contributed by atoms with Gasteiger partial charge in [-0.2, -0.15) is 18.4 Å². The van der Waals surface area contributed by atoms with Crippen molar-refractivity contribution in [3.63, 3.8) is 0 Å². The van der Waals surface area contributed by atoms with E-state index < -0.39 is 17.2 Å². The predicted octanol–water partition coefficient (Wildman–Crippen LogP) is 4.94. The number of hydrogen-bond donors (Lipinski definition) is 1. The lowest BCUT2D eigenvalue weighted by atomic mass is 9.68. The number of aryl methyl sites for hydroxylation is 1. The van der Waals surface area contributed by atoms with E-state index in [1.807, 2.05) is 0 Å². The van der Waals surface area contributed by atoms with Crippen LogP contribution < -0.4 is 10.5 Å². The number of anilines is 1. The first-order chi connectivity index (χ1) is 15.3. The molecule has 1 aliphatic carbocycles. The van der Waals surface area contributed by atoms with E-state index in [0.29, 0.717) is 47.1 Å². The van der Waals surface area contributed by atoms with Crippen LogP contribution in [-0.2, 0) is 24.4 Å². The predicted molar refractivity (Wildman–Crippen MR) is 111 cm³/mol. The highest BCUT2D eigenvalue weighted by Crippen LogP contribution is 2.46. The van der Waals surface area contributed by atoms with Gasteiger partial charge in [-0.05, 0) is 54.7 Å². The van der Waals surface area contributed by atoms with Crippen molar-refractivity contribution in [3.8, 4) is 11.8 Å². The Kier molecular flexibility index (Phi) is 4.31. The zero-order valence-electron chi connectivity index (χ0n) is 17.0. The van der Waals surface area contributed by atoms with E-state index in [1.54, 1.807) is 18.3 Å². The summed E-state index contributed by atoms with van der Waals surface area (Å²) in [6.07, 6.45) is -1.66. The van der Waals surface area contributed by atoms with Crippen molar-refractivity contribution in [1.29, 1.82) is 5.26 Å². The second kappa shape index (κ2) is 6.85. The molecule has 32 heavy (non-hydrogen) atoms. The SMILES string of the molecule is COc1ccc(C2(C#N)CCc3nc(N)ncc3C2)c2c1oc1ccc(C(F)(F)F)cc12. The van der Waals surface area contributed by atoms with E-state index in [-0.39, 0.29) is 11.3 Å². The highest BCUT2D eigenvalue weighted by atomic mass is 19.4. The first-order valence-electron chi connectivity index (χ1n) is 9.88. The lowest BCUT2D eigenvalue weighted by Gasteiger charge is -2.32. The Morgan fingerprint density at radius 1 is 1.25 bits per heavy atom. The number of nitrogens with two attached hydrogens (primary N) is 1. The third-order valence-electron chi connectivity index (χ3n) is 6.11. The maximum Gasteiger partial charge on any atom is 0.416 e. The van der Waals surface area contributed by atoms with Crippen LogP contribution in [0, 0.1) is 11.3 Å². The summed E-state index contributed by atoms with van der Waals surface area (Å²) in [6.45, 7) is 0. The number of ether oxygens (including phenoxy) is 1. The zero-order valence-corrected chi connectivity index (χ0v) is 17.0. The van der Waals surface area contributed by atoms with Gasteiger partial charge in [0, 0.05) is 22.7 Å². The maximum atomic E-state index is 13.4. The van der Waals surface area contributed by atoms with Gasteiger partial charge >= 0.3 is 6.18 Å². The van der Waals surface area contributed by atoms with Gasteiger partial charge in [0.1, 0.15) is 5.58 Å². The van der Waals surface area contributed by atoms with Gasteiger partial charge < -0.3 is 14.9 Å². The van der Waals surface area contributed by atoms with Gasteiger partial charge in [0.2, 0.25) is 5.95 Å². The summed E-state index contributed by atoms with van der Waals surface area (Å²) in [5.74, 6) is 0.550. The van der Waals surface area contributed by atoms with Crippen molar-refractivity contribution in [3.05, 3.63) is 58.9 Å². The van der Waals surface area contributed by atoms with E-state index in [1.165, 1.54) is 13.2 Å². The molecule has 162 valence electrons. The summed E-state index contributed by atoms with van der Waals surface area (Å²) in [5.41, 5.74) is 6.68. The molecule has 0 saturated carbocycles. The first-order valence-corrected chi connectivity index (χ1v) is 9.88. The van der Waals surface area contributed by atoms with Crippen LogP contribution in [0.5, 0.6) is 5.75 Å². The number of nitrogen functional groups attached to an aromatic ring is 1. The summed E-state index contributed by atoms with van der Waals surface area (Å²) >= 11 is 0. The van der Waals surface area contributed by atoms with Gasteiger partial charge in [-0.1, -0.05) is 6.07 Å². The van der Waals surface area contributed by atoms with Crippen molar-refractivity contribution < 1.29 is 22.3 Å². The third-order valence-corrected chi connectivity index (χ3v) is 6.11. The Bertz CT molecular complexity index is 1420. The molecule has 4 aromatic rings. The highest BCUT2D eigenvalue weighted by molar-refractivity contribution is 6.09. The minimum atomic E-state index is -4.51. The second-order valence-electron chi connectivity index (χ2n) is 7.90. The molecule has 1 atom stereocenters. The van der Waals surface area contributed by atoms with Crippen LogP contribution in [0.4, 0.5) is 19.1 Å². The fourth-order valence-corrected chi connectivity index (χ4v) is 4.54. The van der Waals surface area contributed by atoms with E-state index in [2.05, 4.69) is 16.0 Å². The van der Waals surface area contributed by atoms with Crippen LogP contribution in [0.3, 0.4) is 0 Å². The zero-order chi connectivity index (χ0) is 22.7. The smallest absolute Gasteiger partial charge is 0.416 e. The molecule has 0 amide bonds. The van der Waals surface area contributed by atoms with E-state index in [4.69, 9.17) is 14.9 Å². The molecule has 2 aromatic heterocycles. The van der Waals surface area contributed by atoms with Gasteiger partial charge in [0.15, 0.2) is 11.3 Å². The number of hydrogen-bond acceptors (Lipinski definition) is 6. The lowest BCUT2D eigenvalue weighted by molar-refractivity contribution is -0.137. The molecule has 2 heterocycles. The number of nitrogens with zero attached hydrogens (tertiary/aromatic N) is 3. The summed E-state index contributed by atoms with van der Waals surface area (Å²) in [7, 11) is 1.46. The van der Waals surface area contributed by atoms with Crippen LogP contribution in [0.1, 0.15) is 28.8 Å². The molecule has 0 fully saturated rings. The van der Waals surface area contributed by atoms with Gasteiger partial charge in [-0.3, -0.25) is 0 Å². The minimum absolute atomic E-state index is 0.167. The lowest BCUT2D eigenvalue weighted by Crippen LogP contribution is -2.33. The van der Waals surface area contributed by atoms with Crippen molar-refractivity contribution in [2.45, 2.75) is 30.9 Å². The Labute approximate surface area is 180 Å². The molecule has 2 N–H and O–H groups in total. The number of halogens is 3. The normalized spacial score (nSPS) is 18.5. The van der Waals surface area contributed by atoms with Crippen molar-refractivity contribution in [2.24, 2.45) is 0 Å². The van der Waals surface area contributed by atoms with E-state index >= 15 is 0 Å². The number of nitriles is 1. The molecule has 0 bridgehead atoms. The number of fused-ring (bicyclic) bond motifs is 4. The van der Waals surface area contributed by atoms with Crippen molar-refractivity contribution in [2.75, 3.05) is 12.8 Å². The fraction of sp³-hybridized carbons (Fsp3) is 0.261.